The van der Waals surface area contributed by atoms with Gasteiger partial charge in [0.05, 0.1) is 12.0 Å². The molecule has 1 rings (SSSR count). The van der Waals surface area contributed by atoms with Crippen molar-refractivity contribution >= 4 is 11.8 Å². The van der Waals surface area contributed by atoms with Gasteiger partial charge in [-0.2, -0.15) is 0 Å². The summed E-state index contributed by atoms with van der Waals surface area (Å²) in [5.74, 6) is 3.70. The molecule has 0 bridgehead atoms. The van der Waals surface area contributed by atoms with Gasteiger partial charge in [-0.25, -0.2) is 0 Å². The second-order valence-corrected chi connectivity index (χ2v) is 4.25. The fourth-order valence-electron chi connectivity index (χ4n) is 1.33. The second-order valence-electron chi connectivity index (χ2n) is 3.27. The van der Waals surface area contributed by atoms with E-state index >= 15 is 0 Å². The van der Waals surface area contributed by atoms with Gasteiger partial charge >= 0.3 is 0 Å². The summed E-state index contributed by atoms with van der Waals surface area (Å²) in [7, 11) is 0. The van der Waals surface area contributed by atoms with Gasteiger partial charge in [-0.1, -0.05) is 13.8 Å². The predicted molar refractivity (Wildman–Crippen MR) is 46.2 cm³/mol. The fourth-order valence-corrected chi connectivity index (χ4v) is 2.67. The summed E-state index contributed by atoms with van der Waals surface area (Å²) in [6.07, 6.45) is 0.473. The van der Waals surface area contributed by atoms with Crippen LogP contribution in [0.3, 0.4) is 0 Å². The van der Waals surface area contributed by atoms with Gasteiger partial charge in [0.2, 0.25) is 0 Å². The zero-order valence-electron chi connectivity index (χ0n) is 6.96. The van der Waals surface area contributed by atoms with Gasteiger partial charge in [-0.05, 0) is 18.8 Å². The molecule has 0 aromatic rings. The molecular weight excluding hydrogens is 144 g/mol. The molecule has 0 spiro atoms. The molecule has 1 saturated heterocycles. The summed E-state index contributed by atoms with van der Waals surface area (Å²) in [6.45, 7) is 6.73. The molecule has 60 valence electrons. The zero-order valence-corrected chi connectivity index (χ0v) is 7.78. The molecular formula is C8H16OS. The van der Waals surface area contributed by atoms with Crippen molar-refractivity contribution in [3.05, 3.63) is 0 Å². The smallest absolute Gasteiger partial charge is 0.0924 e. The first kappa shape index (κ1) is 8.41. The third kappa shape index (κ3) is 1.89. The Hall–Kier alpha value is 0.310. The summed E-state index contributed by atoms with van der Waals surface area (Å²) in [6, 6.07) is 0. The van der Waals surface area contributed by atoms with E-state index in [1.165, 1.54) is 5.75 Å². The molecule has 0 aliphatic carbocycles. The normalized spacial score (nSPS) is 34.8. The van der Waals surface area contributed by atoms with Crippen molar-refractivity contribution in [2.24, 2.45) is 11.8 Å². The van der Waals surface area contributed by atoms with E-state index in [2.05, 4.69) is 20.8 Å². The minimum absolute atomic E-state index is 0.473. The molecule has 1 aliphatic heterocycles. The zero-order chi connectivity index (χ0) is 7.56. The summed E-state index contributed by atoms with van der Waals surface area (Å²) >= 11 is 1.91. The van der Waals surface area contributed by atoms with Crippen LogP contribution in [0.25, 0.3) is 0 Å². The molecule has 1 heterocycles. The lowest BCUT2D eigenvalue weighted by Gasteiger charge is -2.31. The Labute approximate surface area is 67.5 Å². The molecule has 0 aromatic carbocycles. The molecule has 0 saturated carbocycles. The van der Waals surface area contributed by atoms with Crippen molar-refractivity contribution in [2.45, 2.75) is 26.9 Å². The highest BCUT2D eigenvalue weighted by molar-refractivity contribution is 7.99. The summed E-state index contributed by atoms with van der Waals surface area (Å²) in [4.78, 5) is 0. The third-order valence-electron chi connectivity index (χ3n) is 2.18. The van der Waals surface area contributed by atoms with E-state index in [9.17, 15) is 0 Å². The van der Waals surface area contributed by atoms with Crippen LogP contribution in [0.1, 0.15) is 20.8 Å². The Bertz CT molecular complexity index is 103. The molecule has 2 heteroatoms. The van der Waals surface area contributed by atoms with Gasteiger partial charge in [0.1, 0.15) is 0 Å². The quantitative estimate of drug-likeness (QED) is 0.582. The van der Waals surface area contributed by atoms with Crippen LogP contribution in [0.2, 0.25) is 0 Å². The van der Waals surface area contributed by atoms with Gasteiger partial charge in [-0.3, -0.25) is 0 Å². The average molecular weight is 160 g/mol. The maximum Gasteiger partial charge on any atom is 0.0924 e. The van der Waals surface area contributed by atoms with E-state index < -0.39 is 0 Å². The van der Waals surface area contributed by atoms with E-state index in [0.717, 1.165) is 17.8 Å². The average Bonchev–Trinajstić information content (AvgIpc) is 1.88. The minimum Gasteiger partial charge on any atom is -0.368 e. The monoisotopic (exact) mass is 160 g/mol. The lowest BCUT2D eigenvalue weighted by Crippen LogP contribution is -2.31. The van der Waals surface area contributed by atoms with Crippen molar-refractivity contribution in [1.82, 2.24) is 0 Å². The molecule has 0 aromatic heterocycles. The van der Waals surface area contributed by atoms with Crippen molar-refractivity contribution < 1.29 is 4.74 Å². The highest BCUT2D eigenvalue weighted by Gasteiger charge is 2.24. The highest BCUT2D eigenvalue weighted by Crippen LogP contribution is 2.27. The van der Waals surface area contributed by atoms with Crippen LogP contribution in [0.15, 0.2) is 0 Å². The van der Waals surface area contributed by atoms with Crippen LogP contribution in [-0.4, -0.2) is 17.8 Å². The molecule has 0 amide bonds. The van der Waals surface area contributed by atoms with Crippen LogP contribution >= 0.6 is 11.8 Å². The molecule has 1 nitrogen and oxygen atoms in total. The number of ether oxygens (including phenoxy) is 1. The molecule has 10 heavy (non-hydrogen) atoms. The first-order valence-electron chi connectivity index (χ1n) is 3.91. The van der Waals surface area contributed by atoms with Gasteiger partial charge < -0.3 is 4.74 Å². The maximum absolute atomic E-state index is 5.51. The Balaban J connectivity index is 2.40. The van der Waals surface area contributed by atoms with E-state index in [1.807, 2.05) is 11.8 Å². The van der Waals surface area contributed by atoms with E-state index in [1.54, 1.807) is 0 Å². The number of thioether (sulfide) groups is 1. The van der Waals surface area contributed by atoms with E-state index in [-0.39, 0.29) is 0 Å². The minimum atomic E-state index is 0.473. The van der Waals surface area contributed by atoms with Gasteiger partial charge in [-0.15, -0.1) is 11.8 Å². The Morgan fingerprint density at radius 2 is 2.20 bits per heavy atom. The van der Waals surface area contributed by atoms with E-state index in [4.69, 9.17) is 4.74 Å². The second kappa shape index (κ2) is 3.63. The molecule has 1 fully saturated rings. The lowest BCUT2D eigenvalue weighted by molar-refractivity contribution is 0.0384. The van der Waals surface area contributed by atoms with E-state index in [0.29, 0.717) is 6.10 Å². The van der Waals surface area contributed by atoms with Crippen LogP contribution < -0.4 is 0 Å². The SMILES string of the molecule is CC(C)[C@@H]1CSCO[C@H]1C. The number of hydrogen-bond donors (Lipinski definition) is 0. The summed E-state index contributed by atoms with van der Waals surface area (Å²) in [5.41, 5.74) is 0. The largest absolute Gasteiger partial charge is 0.368 e. The molecule has 0 N–H and O–H groups in total. The van der Waals surface area contributed by atoms with Crippen molar-refractivity contribution in [2.75, 3.05) is 11.7 Å². The molecule has 0 unspecified atom stereocenters. The van der Waals surface area contributed by atoms with Crippen molar-refractivity contribution in [3.63, 3.8) is 0 Å². The number of hydrogen-bond acceptors (Lipinski definition) is 2. The van der Waals surface area contributed by atoms with Gasteiger partial charge in [0, 0.05) is 5.75 Å². The summed E-state index contributed by atoms with van der Waals surface area (Å²) < 4.78 is 5.51. The Kier molecular flexibility index (Phi) is 3.05. The predicted octanol–water partition coefficient (Wildman–Crippen LogP) is 2.37. The lowest BCUT2D eigenvalue weighted by atomic mass is 9.93. The van der Waals surface area contributed by atoms with Crippen molar-refractivity contribution in [3.8, 4) is 0 Å². The molecule has 2 atom stereocenters. The summed E-state index contributed by atoms with van der Waals surface area (Å²) in [5, 5.41) is 0. The van der Waals surface area contributed by atoms with Crippen LogP contribution in [0.4, 0.5) is 0 Å². The van der Waals surface area contributed by atoms with Gasteiger partial charge in [0.25, 0.3) is 0 Å². The topological polar surface area (TPSA) is 9.23 Å². The first-order chi connectivity index (χ1) is 4.72. The van der Waals surface area contributed by atoms with Gasteiger partial charge in [0.15, 0.2) is 0 Å². The third-order valence-corrected chi connectivity index (χ3v) is 3.11. The molecule has 1 aliphatic rings. The Morgan fingerprint density at radius 1 is 1.50 bits per heavy atom. The fraction of sp³-hybridized carbons (Fsp3) is 1.00. The molecule has 0 radical (unpaired) electrons. The van der Waals surface area contributed by atoms with Crippen LogP contribution in [0, 0.1) is 11.8 Å². The highest BCUT2D eigenvalue weighted by atomic mass is 32.2. The Morgan fingerprint density at radius 3 is 2.60 bits per heavy atom. The first-order valence-corrected chi connectivity index (χ1v) is 5.06. The van der Waals surface area contributed by atoms with Crippen LogP contribution in [-0.2, 0) is 4.74 Å². The van der Waals surface area contributed by atoms with Crippen molar-refractivity contribution in [1.29, 1.82) is 0 Å². The number of rotatable bonds is 1. The van der Waals surface area contributed by atoms with Crippen LogP contribution in [0.5, 0.6) is 0 Å². The maximum atomic E-state index is 5.51. The standard InChI is InChI=1S/C8H16OS/c1-6(2)8-4-10-5-9-7(8)3/h6-8H,4-5H2,1-3H3/t7-,8-/m0/s1.